The second kappa shape index (κ2) is 12.3. The van der Waals surface area contributed by atoms with E-state index in [1.165, 1.54) is 31.2 Å². The molecule has 0 radical (unpaired) electrons. The Hall–Kier alpha value is -1.06. The van der Waals surface area contributed by atoms with E-state index in [0.29, 0.717) is 5.92 Å². The second-order valence-corrected chi connectivity index (χ2v) is 9.96. The molecule has 0 atom stereocenters. The molecule has 9 heteroatoms. The lowest BCUT2D eigenvalue weighted by molar-refractivity contribution is -0.129. The summed E-state index contributed by atoms with van der Waals surface area (Å²) in [5.74, 6) is 2.26. The minimum absolute atomic E-state index is 0.127. The molecule has 2 aliphatic heterocycles. The largest absolute Gasteiger partial charge is 0.389 e. The number of aryl methyl sites for hydroxylation is 1. The van der Waals surface area contributed by atoms with E-state index in [4.69, 9.17) is 4.74 Å². The standard InChI is InChI=1S/C22H35F3N4OS/c1-18-15-26-21(27-16-18)28-9-4-19(5-10-28)3-2-13-30-17-20-6-11-29(12-7-20)31-14-8-22(23,24)25/h15-16,19-20H,2-14,17H2,1H3. The summed E-state index contributed by atoms with van der Waals surface area (Å²) in [6, 6.07) is 0. The maximum Gasteiger partial charge on any atom is 0.389 e. The molecule has 31 heavy (non-hydrogen) atoms. The Balaban J connectivity index is 1.19. The highest BCUT2D eigenvalue weighted by Crippen LogP contribution is 2.28. The van der Waals surface area contributed by atoms with Gasteiger partial charge in [0.1, 0.15) is 0 Å². The second-order valence-electron chi connectivity index (χ2n) is 8.78. The van der Waals surface area contributed by atoms with Crippen LogP contribution in [0.4, 0.5) is 19.1 Å². The van der Waals surface area contributed by atoms with E-state index in [1.807, 2.05) is 19.3 Å². The van der Waals surface area contributed by atoms with Crippen LogP contribution in [0.1, 0.15) is 50.5 Å². The summed E-state index contributed by atoms with van der Waals surface area (Å²) in [6.45, 7) is 7.36. The first-order valence-electron chi connectivity index (χ1n) is 11.4. The van der Waals surface area contributed by atoms with Crippen molar-refractivity contribution in [2.75, 3.05) is 50.0 Å². The molecule has 0 aliphatic carbocycles. The SMILES string of the molecule is Cc1cnc(N2CCC(CCCOCC3CCN(SCCC(F)(F)F)CC3)CC2)nc1. The normalized spacial score (nSPS) is 19.8. The van der Waals surface area contributed by atoms with E-state index < -0.39 is 12.6 Å². The van der Waals surface area contributed by atoms with Crippen molar-refractivity contribution in [3.05, 3.63) is 18.0 Å². The third-order valence-corrected chi connectivity index (χ3v) is 7.27. The van der Waals surface area contributed by atoms with Gasteiger partial charge >= 0.3 is 6.18 Å². The molecule has 0 amide bonds. The van der Waals surface area contributed by atoms with Crippen LogP contribution in [-0.2, 0) is 4.74 Å². The minimum Gasteiger partial charge on any atom is -0.381 e. The van der Waals surface area contributed by atoms with Gasteiger partial charge < -0.3 is 9.64 Å². The number of alkyl halides is 3. The Labute approximate surface area is 188 Å². The molecule has 3 heterocycles. The van der Waals surface area contributed by atoms with Crippen molar-refractivity contribution >= 4 is 17.9 Å². The highest BCUT2D eigenvalue weighted by atomic mass is 32.2. The lowest BCUT2D eigenvalue weighted by Gasteiger charge is -2.32. The van der Waals surface area contributed by atoms with Gasteiger partial charge in [0.25, 0.3) is 0 Å². The highest BCUT2D eigenvalue weighted by Gasteiger charge is 2.27. The molecule has 0 bridgehead atoms. The number of halogens is 3. The average molecular weight is 461 g/mol. The maximum atomic E-state index is 12.2. The van der Waals surface area contributed by atoms with Gasteiger partial charge in [-0.1, -0.05) is 11.9 Å². The van der Waals surface area contributed by atoms with Crippen molar-refractivity contribution in [1.29, 1.82) is 0 Å². The molecule has 1 aromatic rings. The van der Waals surface area contributed by atoms with Crippen LogP contribution >= 0.6 is 11.9 Å². The fraction of sp³-hybridized carbons (Fsp3) is 0.818. The van der Waals surface area contributed by atoms with Crippen molar-refractivity contribution in [3.8, 4) is 0 Å². The summed E-state index contributed by atoms with van der Waals surface area (Å²) in [6.07, 6.45) is 5.69. The smallest absolute Gasteiger partial charge is 0.381 e. The van der Waals surface area contributed by atoms with Crippen LogP contribution in [0.3, 0.4) is 0 Å². The third-order valence-electron chi connectivity index (χ3n) is 6.15. The van der Waals surface area contributed by atoms with Crippen LogP contribution in [0, 0.1) is 18.8 Å². The van der Waals surface area contributed by atoms with E-state index in [2.05, 4.69) is 19.2 Å². The van der Waals surface area contributed by atoms with Gasteiger partial charge in [-0.3, -0.25) is 4.31 Å². The average Bonchev–Trinajstić information content (AvgIpc) is 2.75. The van der Waals surface area contributed by atoms with Gasteiger partial charge in [-0.2, -0.15) is 13.2 Å². The van der Waals surface area contributed by atoms with Gasteiger partial charge in [-0.05, 0) is 62.8 Å². The molecule has 2 fully saturated rings. The van der Waals surface area contributed by atoms with E-state index in [9.17, 15) is 13.2 Å². The summed E-state index contributed by atoms with van der Waals surface area (Å²) in [5.41, 5.74) is 1.09. The first kappa shape index (κ1) is 24.6. The van der Waals surface area contributed by atoms with Gasteiger partial charge in [0.2, 0.25) is 5.95 Å². The maximum absolute atomic E-state index is 12.2. The molecule has 2 aliphatic rings. The first-order valence-corrected chi connectivity index (χ1v) is 12.4. The molecule has 0 spiro atoms. The fourth-order valence-corrected chi connectivity index (χ4v) is 5.24. The summed E-state index contributed by atoms with van der Waals surface area (Å²) >= 11 is 1.33. The van der Waals surface area contributed by atoms with Gasteiger partial charge in [0.05, 0.1) is 6.42 Å². The Morgan fingerprint density at radius 1 is 1.03 bits per heavy atom. The molecule has 0 unspecified atom stereocenters. The number of hydrogen-bond acceptors (Lipinski definition) is 6. The molecular formula is C22H35F3N4OS. The number of ether oxygens (including phenoxy) is 1. The van der Waals surface area contributed by atoms with Crippen LogP contribution in [0.15, 0.2) is 12.4 Å². The monoisotopic (exact) mass is 460 g/mol. The van der Waals surface area contributed by atoms with Crippen molar-refractivity contribution in [2.45, 2.75) is 58.0 Å². The molecule has 3 rings (SSSR count). The molecule has 5 nitrogen and oxygen atoms in total. The van der Waals surface area contributed by atoms with E-state index in [-0.39, 0.29) is 5.75 Å². The van der Waals surface area contributed by atoms with Crippen molar-refractivity contribution in [1.82, 2.24) is 14.3 Å². The molecule has 0 saturated carbocycles. The van der Waals surface area contributed by atoms with E-state index in [0.717, 1.165) is 76.1 Å². The molecule has 176 valence electrons. The molecule has 1 aromatic heterocycles. The zero-order valence-corrected chi connectivity index (χ0v) is 19.3. The van der Waals surface area contributed by atoms with Crippen LogP contribution in [0.5, 0.6) is 0 Å². The Morgan fingerprint density at radius 3 is 2.32 bits per heavy atom. The number of anilines is 1. The van der Waals surface area contributed by atoms with Gasteiger partial charge in [0.15, 0.2) is 0 Å². The topological polar surface area (TPSA) is 41.5 Å². The highest BCUT2D eigenvalue weighted by molar-refractivity contribution is 7.97. The zero-order chi connectivity index (χ0) is 22.1. The number of nitrogens with zero attached hydrogens (tertiary/aromatic N) is 4. The summed E-state index contributed by atoms with van der Waals surface area (Å²) < 4.78 is 44.7. The van der Waals surface area contributed by atoms with Crippen LogP contribution in [0.2, 0.25) is 0 Å². The molecular weight excluding hydrogens is 425 g/mol. The van der Waals surface area contributed by atoms with Gasteiger partial charge in [-0.15, -0.1) is 0 Å². The number of piperidine rings is 2. The van der Waals surface area contributed by atoms with Crippen molar-refractivity contribution < 1.29 is 17.9 Å². The van der Waals surface area contributed by atoms with Crippen LogP contribution < -0.4 is 4.90 Å². The first-order chi connectivity index (χ1) is 14.9. The predicted octanol–water partition coefficient (Wildman–Crippen LogP) is 5.11. The summed E-state index contributed by atoms with van der Waals surface area (Å²) in [4.78, 5) is 11.1. The van der Waals surface area contributed by atoms with Crippen LogP contribution in [0.25, 0.3) is 0 Å². The zero-order valence-electron chi connectivity index (χ0n) is 18.4. The third kappa shape index (κ3) is 9.14. The lowest BCUT2D eigenvalue weighted by atomic mass is 9.92. The summed E-state index contributed by atoms with van der Waals surface area (Å²) in [7, 11) is 0. The van der Waals surface area contributed by atoms with Gasteiger partial charge in [-0.25, -0.2) is 9.97 Å². The van der Waals surface area contributed by atoms with E-state index in [1.54, 1.807) is 0 Å². The van der Waals surface area contributed by atoms with E-state index >= 15 is 0 Å². The quantitative estimate of drug-likeness (QED) is 0.357. The number of rotatable bonds is 10. The van der Waals surface area contributed by atoms with Crippen LogP contribution in [-0.4, -0.2) is 65.6 Å². The number of aromatic nitrogens is 2. The van der Waals surface area contributed by atoms with Crippen molar-refractivity contribution in [3.63, 3.8) is 0 Å². The Kier molecular flexibility index (Phi) is 9.72. The lowest BCUT2D eigenvalue weighted by Crippen LogP contribution is -2.35. The van der Waals surface area contributed by atoms with Gasteiger partial charge in [0, 0.05) is 57.5 Å². The molecule has 0 aromatic carbocycles. The summed E-state index contributed by atoms with van der Waals surface area (Å²) in [5, 5.41) is 0. The fourth-order valence-electron chi connectivity index (χ4n) is 4.19. The van der Waals surface area contributed by atoms with Crippen molar-refractivity contribution in [2.24, 2.45) is 11.8 Å². The molecule has 2 saturated heterocycles. The number of hydrogen-bond donors (Lipinski definition) is 0. The predicted molar refractivity (Wildman–Crippen MR) is 119 cm³/mol. The molecule has 0 N–H and O–H groups in total. The minimum atomic E-state index is -4.05. The Bertz CT molecular complexity index is 631. The Morgan fingerprint density at radius 2 is 1.68 bits per heavy atom.